The summed E-state index contributed by atoms with van der Waals surface area (Å²) in [5.74, 6) is 0.497. The second-order valence-electron chi connectivity index (χ2n) is 4.91. The van der Waals surface area contributed by atoms with Crippen LogP contribution in [0.1, 0.15) is 23.7 Å². The van der Waals surface area contributed by atoms with Gasteiger partial charge in [-0.1, -0.05) is 6.07 Å². The largest absolute Gasteiger partial charge is 0.486 e. The van der Waals surface area contributed by atoms with Gasteiger partial charge in [0.1, 0.15) is 17.7 Å². The highest BCUT2D eigenvalue weighted by molar-refractivity contribution is 7.84. The molecule has 0 fully saturated rings. The molecule has 0 aromatic heterocycles. The summed E-state index contributed by atoms with van der Waals surface area (Å²) in [6.45, 7) is 0. The molecule has 0 radical (unpaired) electrons. The van der Waals surface area contributed by atoms with Crippen molar-refractivity contribution < 1.29 is 13.3 Å². The Balaban J connectivity index is 1.80. The molecule has 0 aliphatic heterocycles. The van der Waals surface area contributed by atoms with Gasteiger partial charge >= 0.3 is 0 Å². The van der Waals surface area contributed by atoms with Gasteiger partial charge in [-0.25, -0.2) is 4.39 Å². The summed E-state index contributed by atoms with van der Waals surface area (Å²) in [4.78, 5) is 0.773. The van der Waals surface area contributed by atoms with E-state index < -0.39 is 10.8 Å². The van der Waals surface area contributed by atoms with E-state index in [1.165, 1.54) is 6.07 Å². The average Bonchev–Trinajstić information content (AvgIpc) is 2.82. The average molecular weight is 290 g/mol. The number of aryl methyl sites for hydroxylation is 1. The fourth-order valence-corrected chi connectivity index (χ4v) is 3.05. The van der Waals surface area contributed by atoms with Gasteiger partial charge < -0.3 is 4.74 Å². The Hall–Kier alpha value is -1.68. The summed E-state index contributed by atoms with van der Waals surface area (Å²) in [7, 11) is -0.986. The molecular formula is C16H15FO2S. The second-order valence-corrected chi connectivity index (χ2v) is 6.29. The van der Waals surface area contributed by atoms with Crippen LogP contribution in [0.2, 0.25) is 0 Å². The minimum Gasteiger partial charge on any atom is -0.486 e. The van der Waals surface area contributed by atoms with Crippen LogP contribution in [0.3, 0.4) is 0 Å². The van der Waals surface area contributed by atoms with E-state index in [2.05, 4.69) is 0 Å². The van der Waals surface area contributed by atoms with E-state index in [0.29, 0.717) is 0 Å². The third kappa shape index (κ3) is 2.61. The first-order valence-corrected chi connectivity index (χ1v) is 8.08. The molecule has 2 atom stereocenters. The van der Waals surface area contributed by atoms with Crippen LogP contribution in [-0.4, -0.2) is 10.5 Å². The molecule has 20 heavy (non-hydrogen) atoms. The number of hydrogen-bond donors (Lipinski definition) is 0. The van der Waals surface area contributed by atoms with Crippen molar-refractivity contribution in [2.24, 2.45) is 0 Å². The summed E-state index contributed by atoms with van der Waals surface area (Å²) >= 11 is 0. The molecule has 1 aliphatic carbocycles. The lowest BCUT2D eigenvalue weighted by Gasteiger charge is -2.15. The molecule has 3 rings (SSSR count). The summed E-state index contributed by atoms with van der Waals surface area (Å²) in [6.07, 6.45) is 3.32. The number of benzene rings is 2. The van der Waals surface area contributed by atoms with E-state index in [1.54, 1.807) is 24.5 Å². The summed E-state index contributed by atoms with van der Waals surface area (Å²) in [6, 6.07) is 12.1. The second kappa shape index (κ2) is 5.37. The molecule has 2 aromatic rings. The van der Waals surface area contributed by atoms with Gasteiger partial charge in [-0.15, -0.1) is 0 Å². The Morgan fingerprint density at radius 1 is 1.20 bits per heavy atom. The Morgan fingerprint density at radius 2 is 1.95 bits per heavy atom. The molecule has 0 amide bonds. The van der Waals surface area contributed by atoms with Gasteiger partial charge in [-0.3, -0.25) is 4.21 Å². The molecule has 0 heterocycles. The zero-order chi connectivity index (χ0) is 14.1. The fourth-order valence-electron chi connectivity index (χ4n) is 2.53. The van der Waals surface area contributed by atoms with Gasteiger partial charge in [-0.2, -0.15) is 0 Å². The Bertz CT molecular complexity index is 652. The maximum absolute atomic E-state index is 13.3. The van der Waals surface area contributed by atoms with E-state index in [4.69, 9.17) is 4.74 Å². The lowest BCUT2D eigenvalue weighted by atomic mass is 10.1. The number of hydrogen-bond acceptors (Lipinski definition) is 2. The topological polar surface area (TPSA) is 26.3 Å². The summed E-state index contributed by atoms with van der Waals surface area (Å²) < 4.78 is 30.6. The molecule has 104 valence electrons. The van der Waals surface area contributed by atoms with Crippen LogP contribution in [-0.2, 0) is 17.2 Å². The van der Waals surface area contributed by atoms with Crippen molar-refractivity contribution in [1.29, 1.82) is 0 Å². The Morgan fingerprint density at radius 3 is 2.65 bits per heavy atom. The molecule has 2 aromatic carbocycles. The molecule has 2 nitrogen and oxygen atoms in total. The third-order valence-electron chi connectivity index (χ3n) is 3.56. The lowest BCUT2D eigenvalue weighted by molar-refractivity contribution is 0.207. The number of fused-ring (bicyclic) bond motifs is 1. The van der Waals surface area contributed by atoms with Crippen molar-refractivity contribution in [3.63, 3.8) is 0 Å². The first kappa shape index (κ1) is 13.3. The number of rotatable bonds is 3. The van der Waals surface area contributed by atoms with Crippen LogP contribution in [0, 0.1) is 5.82 Å². The number of ether oxygens (including phenoxy) is 1. The standard InChI is InChI=1S/C16H15FO2S/c1-20(18)14-7-5-13(6-8-14)19-16-9-3-11-2-4-12(17)10-15(11)16/h2,4-8,10,16H,3,9H2,1H3/t16-,20+/m1/s1. The van der Waals surface area contributed by atoms with Gasteiger partial charge in [-0.05, 0) is 60.4 Å². The van der Waals surface area contributed by atoms with Crippen molar-refractivity contribution >= 4 is 10.8 Å². The molecule has 0 bridgehead atoms. The fraction of sp³-hybridized carbons (Fsp3) is 0.250. The Labute approximate surface area is 120 Å². The highest BCUT2D eigenvalue weighted by atomic mass is 32.2. The minimum absolute atomic E-state index is 0.0985. The molecule has 4 heteroatoms. The van der Waals surface area contributed by atoms with Crippen LogP contribution in [0.15, 0.2) is 47.4 Å². The van der Waals surface area contributed by atoms with Crippen LogP contribution in [0.5, 0.6) is 5.75 Å². The zero-order valence-corrected chi connectivity index (χ0v) is 12.0. The molecule has 0 N–H and O–H groups in total. The van der Waals surface area contributed by atoms with Crippen LogP contribution in [0.25, 0.3) is 0 Å². The van der Waals surface area contributed by atoms with E-state index in [0.717, 1.165) is 34.6 Å². The monoisotopic (exact) mass is 290 g/mol. The van der Waals surface area contributed by atoms with Crippen molar-refractivity contribution in [1.82, 2.24) is 0 Å². The van der Waals surface area contributed by atoms with Crippen LogP contribution < -0.4 is 4.74 Å². The first-order chi connectivity index (χ1) is 9.63. The molecule has 0 spiro atoms. The predicted octanol–water partition coefficient (Wildman–Crippen LogP) is 3.63. The van der Waals surface area contributed by atoms with Crippen molar-refractivity contribution in [2.45, 2.75) is 23.8 Å². The Kier molecular flexibility index (Phi) is 3.57. The van der Waals surface area contributed by atoms with Crippen molar-refractivity contribution in [2.75, 3.05) is 6.26 Å². The van der Waals surface area contributed by atoms with E-state index in [1.807, 2.05) is 18.2 Å². The molecule has 1 aliphatic rings. The SMILES string of the molecule is C[S@](=O)c1ccc(O[C@@H]2CCc3ccc(F)cc32)cc1. The van der Waals surface area contributed by atoms with Gasteiger partial charge in [0.15, 0.2) is 0 Å². The van der Waals surface area contributed by atoms with Gasteiger partial charge in [0.05, 0.1) is 0 Å². The highest BCUT2D eigenvalue weighted by Crippen LogP contribution is 2.35. The smallest absolute Gasteiger partial charge is 0.124 e. The van der Waals surface area contributed by atoms with E-state index >= 15 is 0 Å². The summed E-state index contributed by atoms with van der Waals surface area (Å²) in [5, 5.41) is 0. The third-order valence-corrected chi connectivity index (χ3v) is 4.50. The van der Waals surface area contributed by atoms with E-state index in [9.17, 15) is 8.60 Å². The minimum atomic E-state index is -0.986. The first-order valence-electron chi connectivity index (χ1n) is 6.52. The van der Waals surface area contributed by atoms with Crippen molar-refractivity contribution in [3.8, 4) is 5.75 Å². The molecule has 0 saturated carbocycles. The lowest BCUT2D eigenvalue weighted by Crippen LogP contribution is -2.04. The van der Waals surface area contributed by atoms with Gasteiger partial charge in [0, 0.05) is 22.0 Å². The zero-order valence-electron chi connectivity index (χ0n) is 11.1. The van der Waals surface area contributed by atoms with E-state index in [-0.39, 0.29) is 11.9 Å². The normalized spacial score (nSPS) is 18.6. The molecular weight excluding hydrogens is 275 g/mol. The summed E-state index contributed by atoms with van der Waals surface area (Å²) in [5.41, 5.74) is 2.09. The van der Waals surface area contributed by atoms with Crippen LogP contribution in [0.4, 0.5) is 4.39 Å². The predicted molar refractivity (Wildman–Crippen MR) is 76.9 cm³/mol. The van der Waals surface area contributed by atoms with Gasteiger partial charge in [0.2, 0.25) is 0 Å². The van der Waals surface area contributed by atoms with Crippen LogP contribution >= 0.6 is 0 Å². The quantitative estimate of drug-likeness (QED) is 0.863. The maximum atomic E-state index is 13.3. The maximum Gasteiger partial charge on any atom is 0.124 e. The number of halogens is 1. The molecule has 0 saturated heterocycles. The van der Waals surface area contributed by atoms with Crippen molar-refractivity contribution in [3.05, 3.63) is 59.4 Å². The highest BCUT2D eigenvalue weighted by Gasteiger charge is 2.24. The van der Waals surface area contributed by atoms with Gasteiger partial charge in [0.25, 0.3) is 0 Å². The molecule has 0 unspecified atom stereocenters.